The van der Waals surface area contributed by atoms with Crippen molar-refractivity contribution in [1.29, 1.82) is 0 Å². The van der Waals surface area contributed by atoms with Crippen molar-refractivity contribution >= 4 is 26.0 Å². The van der Waals surface area contributed by atoms with Crippen molar-refractivity contribution in [1.82, 2.24) is 4.72 Å². The lowest BCUT2D eigenvalue weighted by molar-refractivity contribution is 0.171. The van der Waals surface area contributed by atoms with Gasteiger partial charge in [0.25, 0.3) is 0 Å². The van der Waals surface area contributed by atoms with Gasteiger partial charge in [-0.1, -0.05) is 29.8 Å². The van der Waals surface area contributed by atoms with Crippen molar-refractivity contribution in [2.45, 2.75) is 31.2 Å². The second-order valence-corrected chi connectivity index (χ2v) is 7.76. The number of benzene rings is 1. The fraction of sp³-hybridized carbons (Fsp3) is 0.571. The molecule has 1 aromatic carbocycles. The Morgan fingerprint density at radius 1 is 1.24 bits per heavy atom. The van der Waals surface area contributed by atoms with Crippen LogP contribution in [0.15, 0.2) is 23.1 Å². The lowest BCUT2D eigenvalue weighted by atomic mass is 10.0. The minimum absolute atomic E-state index is 0.109. The third-order valence-electron chi connectivity index (χ3n) is 3.36. The molecule has 0 saturated carbocycles. The molecule has 0 fully saturated rings. The van der Waals surface area contributed by atoms with Gasteiger partial charge in [-0.3, -0.25) is 0 Å². The first-order valence-corrected chi connectivity index (χ1v) is 9.52. The summed E-state index contributed by atoms with van der Waals surface area (Å²) in [6.07, 6.45) is 0.738. The van der Waals surface area contributed by atoms with E-state index in [0.717, 1.165) is 11.8 Å². The van der Waals surface area contributed by atoms with Crippen LogP contribution in [0, 0.1) is 5.92 Å². The maximum Gasteiger partial charge on any atom is 0.240 e. The lowest BCUT2D eigenvalue weighted by Gasteiger charge is -2.22. The molecule has 7 heteroatoms. The summed E-state index contributed by atoms with van der Waals surface area (Å²) in [5.74, 6) is 1.28. The summed E-state index contributed by atoms with van der Waals surface area (Å²) >= 11 is 3.36. The summed E-state index contributed by atoms with van der Waals surface area (Å²) in [4.78, 5) is 0.201. The third-order valence-corrected chi connectivity index (χ3v) is 5.30. The van der Waals surface area contributed by atoms with E-state index in [1.54, 1.807) is 12.1 Å². The highest BCUT2D eigenvalue weighted by Crippen LogP contribution is 2.32. The molecule has 2 rings (SSSR count). The fourth-order valence-electron chi connectivity index (χ4n) is 2.10. The van der Waals surface area contributed by atoms with Crippen LogP contribution in [0.1, 0.15) is 20.3 Å². The molecule has 118 valence electrons. The minimum atomic E-state index is -3.57. The molecule has 1 N–H and O–H groups in total. The predicted octanol–water partition coefficient (Wildman–Crippen LogP) is 2.55. The number of ether oxygens (including phenoxy) is 2. The Bertz CT molecular complexity index is 589. The topological polar surface area (TPSA) is 64.6 Å². The van der Waals surface area contributed by atoms with Crippen molar-refractivity contribution in [3.8, 4) is 11.5 Å². The molecular formula is C14H20BrNO4S. The average Bonchev–Trinajstić information content (AvgIpc) is 2.46. The molecule has 1 aliphatic heterocycles. The van der Waals surface area contributed by atoms with Crippen LogP contribution in [-0.2, 0) is 10.0 Å². The largest absolute Gasteiger partial charge is 0.486 e. The first-order valence-electron chi connectivity index (χ1n) is 6.92. The molecular weight excluding hydrogens is 358 g/mol. The minimum Gasteiger partial charge on any atom is -0.486 e. The van der Waals surface area contributed by atoms with Gasteiger partial charge in [0, 0.05) is 17.4 Å². The van der Waals surface area contributed by atoms with Crippen LogP contribution in [0.25, 0.3) is 0 Å². The van der Waals surface area contributed by atoms with Gasteiger partial charge >= 0.3 is 0 Å². The number of hydrogen-bond donors (Lipinski definition) is 1. The first-order chi connectivity index (χ1) is 9.94. The van der Waals surface area contributed by atoms with Gasteiger partial charge in [-0.25, -0.2) is 13.1 Å². The van der Waals surface area contributed by atoms with E-state index in [9.17, 15) is 8.42 Å². The normalized spacial score (nSPS) is 16.0. The maximum absolute atomic E-state index is 12.5. The van der Waals surface area contributed by atoms with Gasteiger partial charge in [-0.05, 0) is 24.5 Å². The van der Waals surface area contributed by atoms with E-state index < -0.39 is 10.0 Å². The summed E-state index contributed by atoms with van der Waals surface area (Å²) in [5.41, 5.74) is 0. The number of sulfonamides is 1. The standard InChI is InChI=1S/C14H20BrNO4S/c1-10(2)12(5-6-15)16-21(17,18)11-3-4-13-14(9-11)20-8-7-19-13/h3-4,9-10,12,16H,5-8H2,1-2H3. The number of halogens is 1. The van der Waals surface area contributed by atoms with Crippen LogP contribution >= 0.6 is 15.9 Å². The van der Waals surface area contributed by atoms with Crippen molar-refractivity contribution < 1.29 is 17.9 Å². The Kier molecular flexibility index (Phi) is 5.51. The van der Waals surface area contributed by atoms with Gasteiger partial charge < -0.3 is 9.47 Å². The van der Waals surface area contributed by atoms with Crippen LogP contribution in [-0.4, -0.2) is 33.0 Å². The number of alkyl halides is 1. The Hall–Kier alpha value is -0.790. The molecule has 0 spiro atoms. The Labute approximate surface area is 134 Å². The van der Waals surface area contributed by atoms with Crippen LogP contribution in [0.4, 0.5) is 0 Å². The van der Waals surface area contributed by atoms with E-state index >= 15 is 0 Å². The van der Waals surface area contributed by atoms with E-state index in [2.05, 4.69) is 20.7 Å². The molecule has 1 atom stereocenters. The second-order valence-electron chi connectivity index (χ2n) is 5.25. The highest BCUT2D eigenvalue weighted by Gasteiger charge is 2.24. The summed E-state index contributed by atoms with van der Waals surface area (Å²) in [6, 6.07) is 4.59. The molecule has 0 saturated heterocycles. The van der Waals surface area contributed by atoms with Crippen molar-refractivity contribution in [2.75, 3.05) is 18.5 Å². The molecule has 1 aromatic rings. The Balaban J connectivity index is 2.22. The third kappa shape index (κ3) is 4.11. The lowest BCUT2D eigenvalue weighted by Crippen LogP contribution is -2.38. The zero-order chi connectivity index (χ0) is 15.5. The molecule has 0 amide bonds. The van der Waals surface area contributed by atoms with Crippen molar-refractivity contribution in [2.24, 2.45) is 5.92 Å². The van der Waals surface area contributed by atoms with E-state index in [0.29, 0.717) is 24.7 Å². The molecule has 1 heterocycles. The molecule has 0 bridgehead atoms. The SMILES string of the molecule is CC(C)C(CCBr)NS(=O)(=O)c1ccc2c(c1)OCCO2. The molecule has 0 aliphatic carbocycles. The highest BCUT2D eigenvalue weighted by atomic mass is 79.9. The zero-order valence-electron chi connectivity index (χ0n) is 12.1. The zero-order valence-corrected chi connectivity index (χ0v) is 14.5. The quantitative estimate of drug-likeness (QED) is 0.773. The van der Waals surface area contributed by atoms with Crippen LogP contribution in [0.3, 0.4) is 0 Å². The van der Waals surface area contributed by atoms with E-state index in [-0.39, 0.29) is 16.9 Å². The summed E-state index contributed by atoms with van der Waals surface area (Å²) in [6.45, 7) is 4.92. The van der Waals surface area contributed by atoms with Gasteiger partial charge in [-0.15, -0.1) is 0 Å². The van der Waals surface area contributed by atoms with E-state index in [1.807, 2.05) is 13.8 Å². The summed E-state index contributed by atoms with van der Waals surface area (Å²) < 4.78 is 38.6. The Morgan fingerprint density at radius 3 is 2.52 bits per heavy atom. The van der Waals surface area contributed by atoms with Gasteiger partial charge in [0.15, 0.2) is 11.5 Å². The van der Waals surface area contributed by atoms with Gasteiger partial charge in [-0.2, -0.15) is 0 Å². The van der Waals surface area contributed by atoms with Crippen LogP contribution in [0.5, 0.6) is 11.5 Å². The smallest absolute Gasteiger partial charge is 0.240 e. The van der Waals surface area contributed by atoms with E-state index in [1.165, 1.54) is 6.07 Å². The highest BCUT2D eigenvalue weighted by molar-refractivity contribution is 9.09. The van der Waals surface area contributed by atoms with Crippen LogP contribution < -0.4 is 14.2 Å². The van der Waals surface area contributed by atoms with Gasteiger partial charge in [0.1, 0.15) is 13.2 Å². The Morgan fingerprint density at radius 2 is 1.90 bits per heavy atom. The second kappa shape index (κ2) is 6.98. The molecule has 1 aliphatic rings. The molecule has 21 heavy (non-hydrogen) atoms. The number of rotatable bonds is 6. The summed E-state index contributed by atoms with van der Waals surface area (Å²) in [7, 11) is -3.57. The van der Waals surface area contributed by atoms with E-state index in [4.69, 9.17) is 9.47 Å². The van der Waals surface area contributed by atoms with Crippen LogP contribution in [0.2, 0.25) is 0 Å². The fourth-order valence-corrected chi connectivity index (χ4v) is 4.03. The van der Waals surface area contributed by atoms with Gasteiger partial charge in [0.05, 0.1) is 4.90 Å². The van der Waals surface area contributed by atoms with Gasteiger partial charge in [0.2, 0.25) is 10.0 Å². The maximum atomic E-state index is 12.5. The number of hydrogen-bond acceptors (Lipinski definition) is 4. The summed E-state index contributed by atoms with van der Waals surface area (Å²) in [5, 5.41) is 0.750. The predicted molar refractivity (Wildman–Crippen MR) is 84.8 cm³/mol. The average molecular weight is 378 g/mol. The first kappa shape index (κ1) is 16.6. The van der Waals surface area contributed by atoms with Crippen molar-refractivity contribution in [3.05, 3.63) is 18.2 Å². The monoisotopic (exact) mass is 377 g/mol. The van der Waals surface area contributed by atoms with Crippen molar-refractivity contribution in [3.63, 3.8) is 0 Å². The number of fused-ring (bicyclic) bond motifs is 1. The molecule has 1 unspecified atom stereocenters. The molecule has 5 nitrogen and oxygen atoms in total. The molecule has 0 aromatic heterocycles. The molecule has 0 radical (unpaired) electrons. The number of nitrogens with one attached hydrogen (secondary N) is 1.